The van der Waals surface area contributed by atoms with Gasteiger partial charge in [-0.25, -0.2) is 0 Å². The maximum Gasteiger partial charge on any atom is 0.138 e. The minimum Gasteiger partial charge on any atom is -0.495 e. The molecule has 0 bridgehead atoms. The third-order valence-corrected chi connectivity index (χ3v) is 2.81. The van der Waals surface area contributed by atoms with E-state index in [1.807, 2.05) is 18.2 Å². The fourth-order valence-corrected chi connectivity index (χ4v) is 1.69. The molecular weight excluding hydrogens is 222 g/mol. The molecule has 0 heterocycles. The zero-order chi connectivity index (χ0) is 12.1. The SMILES string of the molecule is COc1cc(C(C)C)cc(/C=C/CN)c1Cl. The number of ether oxygens (including phenoxy) is 1. The Balaban J connectivity index is 3.24. The first-order valence-corrected chi connectivity index (χ1v) is 5.72. The van der Waals surface area contributed by atoms with Crippen molar-refractivity contribution in [2.45, 2.75) is 19.8 Å². The molecule has 0 unspecified atom stereocenters. The lowest BCUT2D eigenvalue weighted by Crippen LogP contribution is -1.95. The lowest BCUT2D eigenvalue weighted by molar-refractivity contribution is 0.414. The molecule has 16 heavy (non-hydrogen) atoms. The highest BCUT2D eigenvalue weighted by Gasteiger charge is 2.09. The summed E-state index contributed by atoms with van der Waals surface area (Å²) in [7, 11) is 1.63. The molecule has 0 saturated heterocycles. The minimum atomic E-state index is 0.441. The van der Waals surface area contributed by atoms with Crippen molar-refractivity contribution in [2.24, 2.45) is 5.73 Å². The van der Waals surface area contributed by atoms with E-state index in [-0.39, 0.29) is 0 Å². The van der Waals surface area contributed by atoms with E-state index < -0.39 is 0 Å². The van der Waals surface area contributed by atoms with Crippen LogP contribution in [-0.4, -0.2) is 13.7 Å². The molecule has 0 aliphatic heterocycles. The number of nitrogens with two attached hydrogens (primary N) is 1. The van der Waals surface area contributed by atoms with Crippen LogP contribution in [0.25, 0.3) is 6.08 Å². The summed E-state index contributed by atoms with van der Waals surface area (Å²) < 4.78 is 5.26. The molecule has 1 rings (SSSR count). The first-order chi connectivity index (χ1) is 7.60. The Bertz CT molecular complexity index is 386. The molecule has 0 fully saturated rings. The highest BCUT2D eigenvalue weighted by Crippen LogP contribution is 2.33. The molecule has 1 aromatic rings. The summed E-state index contributed by atoms with van der Waals surface area (Å²) in [6, 6.07) is 4.05. The Morgan fingerprint density at radius 2 is 2.12 bits per heavy atom. The van der Waals surface area contributed by atoms with Crippen molar-refractivity contribution in [3.8, 4) is 5.75 Å². The summed E-state index contributed by atoms with van der Waals surface area (Å²) >= 11 is 6.20. The second-order valence-electron chi connectivity index (χ2n) is 3.92. The molecule has 0 amide bonds. The van der Waals surface area contributed by atoms with Gasteiger partial charge in [-0.3, -0.25) is 0 Å². The molecule has 0 atom stereocenters. The van der Waals surface area contributed by atoms with Crippen LogP contribution in [0.5, 0.6) is 5.75 Å². The maximum atomic E-state index is 6.20. The molecule has 1 aromatic carbocycles. The molecule has 0 aromatic heterocycles. The Morgan fingerprint density at radius 3 is 2.62 bits per heavy atom. The van der Waals surface area contributed by atoms with Gasteiger partial charge in [-0.05, 0) is 29.2 Å². The first-order valence-electron chi connectivity index (χ1n) is 5.34. The predicted molar refractivity (Wildman–Crippen MR) is 70.2 cm³/mol. The van der Waals surface area contributed by atoms with E-state index in [0.717, 1.165) is 5.56 Å². The maximum absolute atomic E-state index is 6.20. The molecule has 3 heteroatoms. The average molecular weight is 240 g/mol. The van der Waals surface area contributed by atoms with Gasteiger partial charge in [0, 0.05) is 6.54 Å². The zero-order valence-electron chi connectivity index (χ0n) is 9.96. The van der Waals surface area contributed by atoms with Gasteiger partial charge in [0.1, 0.15) is 5.75 Å². The Hall–Kier alpha value is -0.990. The molecule has 2 N–H and O–H groups in total. The van der Waals surface area contributed by atoms with Crippen LogP contribution >= 0.6 is 11.6 Å². The Kier molecular flexibility index (Phi) is 4.84. The van der Waals surface area contributed by atoms with E-state index in [2.05, 4.69) is 19.9 Å². The quantitative estimate of drug-likeness (QED) is 0.874. The van der Waals surface area contributed by atoms with E-state index >= 15 is 0 Å². The third-order valence-electron chi connectivity index (χ3n) is 2.41. The molecular formula is C13H18ClNO. The molecule has 2 nitrogen and oxygen atoms in total. The van der Waals surface area contributed by atoms with Gasteiger partial charge in [0.05, 0.1) is 12.1 Å². The van der Waals surface area contributed by atoms with Gasteiger partial charge in [0.2, 0.25) is 0 Å². The second-order valence-corrected chi connectivity index (χ2v) is 4.30. The molecule has 0 aliphatic rings. The standard InChI is InChI=1S/C13H18ClNO/c1-9(2)11-7-10(5-4-6-15)13(14)12(8-11)16-3/h4-5,7-9H,6,15H2,1-3H3/b5-4+. The summed E-state index contributed by atoms with van der Waals surface area (Å²) in [6.07, 6.45) is 3.81. The summed E-state index contributed by atoms with van der Waals surface area (Å²) in [5.41, 5.74) is 7.59. The van der Waals surface area contributed by atoms with Gasteiger partial charge in [-0.15, -0.1) is 0 Å². The van der Waals surface area contributed by atoms with Crippen LogP contribution in [0.1, 0.15) is 30.9 Å². The van der Waals surface area contributed by atoms with Crippen molar-refractivity contribution in [3.05, 3.63) is 34.4 Å². The normalized spacial score (nSPS) is 11.4. The van der Waals surface area contributed by atoms with Crippen molar-refractivity contribution in [2.75, 3.05) is 13.7 Å². The second kappa shape index (κ2) is 5.92. The lowest BCUT2D eigenvalue weighted by atomic mass is 10.00. The Labute approximate surface area is 102 Å². The van der Waals surface area contributed by atoms with Gasteiger partial charge in [0.25, 0.3) is 0 Å². The smallest absolute Gasteiger partial charge is 0.138 e. The Morgan fingerprint density at radius 1 is 1.44 bits per heavy atom. The van der Waals surface area contributed by atoms with Crippen molar-refractivity contribution < 1.29 is 4.74 Å². The predicted octanol–water partition coefficient (Wildman–Crippen LogP) is 3.44. The number of hydrogen-bond acceptors (Lipinski definition) is 2. The summed E-state index contributed by atoms with van der Waals surface area (Å²) in [5.74, 6) is 1.15. The van der Waals surface area contributed by atoms with E-state index in [1.54, 1.807) is 7.11 Å². The number of rotatable bonds is 4. The largest absolute Gasteiger partial charge is 0.495 e. The first kappa shape index (κ1) is 13.1. The van der Waals surface area contributed by atoms with E-state index in [9.17, 15) is 0 Å². The van der Waals surface area contributed by atoms with E-state index in [0.29, 0.717) is 23.2 Å². The number of halogens is 1. The number of hydrogen-bond donors (Lipinski definition) is 1. The summed E-state index contributed by atoms with van der Waals surface area (Å²) in [6.45, 7) is 4.78. The highest BCUT2D eigenvalue weighted by molar-refractivity contribution is 6.33. The molecule has 0 saturated carbocycles. The fraction of sp³-hybridized carbons (Fsp3) is 0.385. The highest BCUT2D eigenvalue weighted by atomic mass is 35.5. The molecule has 0 radical (unpaired) electrons. The molecule has 0 aliphatic carbocycles. The van der Waals surface area contributed by atoms with Crippen molar-refractivity contribution >= 4 is 17.7 Å². The average Bonchev–Trinajstić information content (AvgIpc) is 2.27. The van der Waals surface area contributed by atoms with Crippen LogP contribution in [0, 0.1) is 0 Å². The van der Waals surface area contributed by atoms with Gasteiger partial charge >= 0.3 is 0 Å². The van der Waals surface area contributed by atoms with Crippen LogP contribution in [0.15, 0.2) is 18.2 Å². The van der Waals surface area contributed by atoms with Crippen molar-refractivity contribution in [3.63, 3.8) is 0 Å². The zero-order valence-corrected chi connectivity index (χ0v) is 10.7. The summed E-state index contributed by atoms with van der Waals surface area (Å²) in [4.78, 5) is 0. The van der Waals surface area contributed by atoms with Crippen molar-refractivity contribution in [1.29, 1.82) is 0 Å². The van der Waals surface area contributed by atoms with Gasteiger partial charge in [-0.1, -0.05) is 37.6 Å². The van der Waals surface area contributed by atoms with E-state index in [4.69, 9.17) is 22.1 Å². The van der Waals surface area contributed by atoms with Gasteiger partial charge in [0.15, 0.2) is 0 Å². The minimum absolute atomic E-state index is 0.441. The van der Waals surface area contributed by atoms with E-state index in [1.165, 1.54) is 5.56 Å². The molecule has 88 valence electrons. The number of methoxy groups -OCH3 is 1. The third kappa shape index (κ3) is 3.00. The monoisotopic (exact) mass is 239 g/mol. The number of benzene rings is 1. The summed E-state index contributed by atoms with van der Waals surface area (Å²) in [5, 5.41) is 0.636. The fourth-order valence-electron chi connectivity index (χ4n) is 1.44. The topological polar surface area (TPSA) is 35.2 Å². The molecule has 0 spiro atoms. The lowest BCUT2D eigenvalue weighted by Gasteiger charge is -2.12. The van der Waals surface area contributed by atoms with Gasteiger partial charge in [-0.2, -0.15) is 0 Å². The van der Waals surface area contributed by atoms with Crippen LogP contribution < -0.4 is 10.5 Å². The van der Waals surface area contributed by atoms with Crippen LogP contribution in [0.2, 0.25) is 5.02 Å². The van der Waals surface area contributed by atoms with Crippen LogP contribution in [0.4, 0.5) is 0 Å². The van der Waals surface area contributed by atoms with Crippen LogP contribution in [0.3, 0.4) is 0 Å². The van der Waals surface area contributed by atoms with Crippen LogP contribution in [-0.2, 0) is 0 Å². The van der Waals surface area contributed by atoms with Gasteiger partial charge < -0.3 is 10.5 Å². The van der Waals surface area contributed by atoms with Crippen molar-refractivity contribution in [1.82, 2.24) is 0 Å².